The van der Waals surface area contributed by atoms with Gasteiger partial charge >= 0.3 is 0 Å². The molecule has 0 aliphatic heterocycles. The van der Waals surface area contributed by atoms with E-state index < -0.39 is 5.25 Å². The van der Waals surface area contributed by atoms with Crippen LogP contribution in [-0.4, -0.2) is 37.3 Å². The van der Waals surface area contributed by atoms with Crippen LogP contribution in [-0.2, 0) is 9.59 Å². The predicted octanol–water partition coefficient (Wildman–Crippen LogP) is 3.36. The first-order chi connectivity index (χ1) is 13.8. The zero-order valence-electron chi connectivity index (χ0n) is 16.6. The van der Waals surface area contributed by atoms with Gasteiger partial charge in [0.1, 0.15) is 0 Å². The van der Waals surface area contributed by atoms with Crippen molar-refractivity contribution in [1.82, 2.24) is 20.2 Å². The molecule has 1 aromatic heterocycles. The molecule has 8 nitrogen and oxygen atoms in total. The molecule has 0 saturated heterocycles. The van der Waals surface area contributed by atoms with Gasteiger partial charge in [-0.25, -0.2) is 0 Å². The maximum atomic E-state index is 12.6. The molecular weight excluding hydrogens is 388 g/mol. The van der Waals surface area contributed by atoms with E-state index >= 15 is 0 Å². The van der Waals surface area contributed by atoms with Gasteiger partial charge in [0.2, 0.25) is 17.0 Å². The molecule has 150 valence electrons. The third kappa shape index (κ3) is 5.20. The van der Waals surface area contributed by atoms with Crippen molar-refractivity contribution in [2.45, 2.75) is 38.1 Å². The summed E-state index contributed by atoms with van der Waals surface area (Å²) in [4.78, 5) is 23.7. The van der Waals surface area contributed by atoms with Crippen molar-refractivity contribution in [1.29, 1.82) is 0 Å². The van der Waals surface area contributed by atoms with Gasteiger partial charge in [0.15, 0.2) is 0 Å². The second kappa shape index (κ2) is 8.87. The quantitative estimate of drug-likeness (QED) is 0.604. The van der Waals surface area contributed by atoms with Gasteiger partial charge in [-0.1, -0.05) is 23.9 Å². The molecule has 0 aliphatic rings. The lowest BCUT2D eigenvalue weighted by Gasteiger charge is -2.13. The number of carbonyl (C=O) groups excluding carboxylic acids is 2. The Kier molecular flexibility index (Phi) is 6.28. The van der Waals surface area contributed by atoms with E-state index in [-0.39, 0.29) is 11.8 Å². The standard InChI is InChI=1S/C20H22N6O2S/c1-12-5-6-13(2)18(11-12)26-20(23-24-25-26)29-14(3)19(28)22-17-9-7-16(8-10-17)21-15(4)27/h5-11,14H,1-4H3,(H,21,27)(H,22,28)/t14-/m0/s1. The fourth-order valence-corrected chi connectivity index (χ4v) is 3.45. The van der Waals surface area contributed by atoms with Crippen molar-refractivity contribution in [2.75, 3.05) is 10.6 Å². The molecule has 0 bridgehead atoms. The highest BCUT2D eigenvalue weighted by Crippen LogP contribution is 2.26. The molecule has 29 heavy (non-hydrogen) atoms. The average Bonchev–Trinajstić information content (AvgIpc) is 3.12. The number of thioether (sulfide) groups is 1. The zero-order chi connectivity index (χ0) is 21.0. The number of benzene rings is 2. The molecule has 2 aromatic carbocycles. The monoisotopic (exact) mass is 410 g/mol. The maximum Gasteiger partial charge on any atom is 0.237 e. The second-order valence-electron chi connectivity index (χ2n) is 6.67. The number of tetrazole rings is 1. The third-order valence-corrected chi connectivity index (χ3v) is 5.19. The van der Waals surface area contributed by atoms with Gasteiger partial charge in [0.05, 0.1) is 10.9 Å². The number of aryl methyl sites for hydroxylation is 2. The SMILES string of the molecule is CC(=O)Nc1ccc(NC(=O)[C@H](C)Sc2nnnn2-c2cc(C)ccc2C)cc1. The van der Waals surface area contributed by atoms with E-state index in [4.69, 9.17) is 0 Å². The number of hydrogen-bond acceptors (Lipinski definition) is 6. The molecule has 0 spiro atoms. The van der Waals surface area contributed by atoms with Gasteiger partial charge in [-0.05, 0) is 72.7 Å². The minimum atomic E-state index is -0.417. The number of carbonyl (C=O) groups is 2. The van der Waals surface area contributed by atoms with Gasteiger partial charge in [0, 0.05) is 18.3 Å². The highest BCUT2D eigenvalue weighted by atomic mass is 32.2. The summed E-state index contributed by atoms with van der Waals surface area (Å²) in [5.74, 6) is -0.314. The Morgan fingerprint density at radius 2 is 1.69 bits per heavy atom. The number of nitrogens with one attached hydrogen (secondary N) is 2. The zero-order valence-corrected chi connectivity index (χ0v) is 17.4. The average molecular weight is 411 g/mol. The summed E-state index contributed by atoms with van der Waals surface area (Å²) in [5.41, 5.74) is 4.35. The van der Waals surface area contributed by atoms with Crippen molar-refractivity contribution >= 4 is 35.0 Å². The van der Waals surface area contributed by atoms with Crippen LogP contribution in [0.2, 0.25) is 0 Å². The number of hydrogen-bond donors (Lipinski definition) is 2. The lowest BCUT2D eigenvalue weighted by molar-refractivity contribution is -0.115. The molecule has 1 heterocycles. The van der Waals surface area contributed by atoms with Crippen molar-refractivity contribution < 1.29 is 9.59 Å². The Labute approximate surface area is 173 Å². The highest BCUT2D eigenvalue weighted by Gasteiger charge is 2.20. The van der Waals surface area contributed by atoms with E-state index in [1.165, 1.54) is 18.7 Å². The summed E-state index contributed by atoms with van der Waals surface area (Å²) in [5, 5.41) is 17.6. The first-order valence-corrected chi connectivity index (χ1v) is 9.92. The van der Waals surface area contributed by atoms with Crippen LogP contribution in [0.1, 0.15) is 25.0 Å². The van der Waals surface area contributed by atoms with Crippen molar-refractivity contribution in [3.8, 4) is 5.69 Å². The fraction of sp³-hybridized carbons (Fsp3) is 0.250. The number of anilines is 2. The summed E-state index contributed by atoms with van der Waals surface area (Å²) >= 11 is 1.28. The van der Waals surface area contributed by atoms with Crippen LogP contribution in [0, 0.1) is 13.8 Å². The lowest BCUT2D eigenvalue weighted by Crippen LogP contribution is -2.23. The number of nitrogens with zero attached hydrogens (tertiary/aromatic N) is 4. The third-order valence-electron chi connectivity index (χ3n) is 4.16. The fourth-order valence-electron chi connectivity index (χ4n) is 2.65. The van der Waals surface area contributed by atoms with Gasteiger partial charge < -0.3 is 10.6 Å². The van der Waals surface area contributed by atoms with Crippen molar-refractivity contribution in [3.05, 3.63) is 53.6 Å². The first kappa shape index (κ1) is 20.5. The van der Waals surface area contributed by atoms with E-state index in [1.807, 2.05) is 32.0 Å². The Bertz CT molecular complexity index is 1030. The minimum absolute atomic E-state index is 0.145. The minimum Gasteiger partial charge on any atom is -0.326 e. The van der Waals surface area contributed by atoms with Crippen LogP contribution in [0.5, 0.6) is 0 Å². The topological polar surface area (TPSA) is 102 Å². The van der Waals surface area contributed by atoms with Gasteiger partial charge in [-0.15, -0.1) is 5.10 Å². The molecule has 0 fully saturated rings. The number of aromatic nitrogens is 4. The van der Waals surface area contributed by atoms with Gasteiger partial charge in [0.25, 0.3) is 0 Å². The molecule has 1 atom stereocenters. The smallest absolute Gasteiger partial charge is 0.237 e. The molecule has 3 aromatic rings. The number of rotatable bonds is 6. The van der Waals surface area contributed by atoms with Crippen molar-refractivity contribution in [3.63, 3.8) is 0 Å². The van der Waals surface area contributed by atoms with Crippen LogP contribution in [0.15, 0.2) is 47.6 Å². The van der Waals surface area contributed by atoms with Crippen molar-refractivity contribution in [2.24, 2.45) is 0 Å². The van der Waals surface area contributed by atoms with Gasteiger partial charge in [-0.3, -0.25) is 9.59 Å². The lowest BCUT2D eigenvalue weighted by atomic mass is 10.1. The molecular formula is C20H22N6O2S. The van der Waals surface area contributed by atoms with Crippen LogP contribution >= 0.6 is 11.8 Å². The van der Waals surface area contributed by atoms with E-state index in [0.717, 1.165) is 16.8 Å². The summed E-state index contributed by atoms with van der Waals surface area (Å²) in [6.07, 6.45) is 0. The van der Waals surface area contributed by atoms with E-state index in [0.29, 0.717) is 16.5 Å². The second-order valence-corrected chi connectivity index (χ2v) is 7.98. The summed E-state index contributed by atoms with van der Waals surface area (Å²) in [7, 11) is 0. The molecule has 0 radical (unpaired) electrons. The van der Waals surface area contributed by atoms with E-state index in [9.17, 15) is 9.59 Å². The highest BCUT2D eigenvalue weighted by molar-refractivity contribution is 8.00. The summed E-state index contributed by atoms with van der Waals surface area (Å²) < 4.78 is 1.65. The normalized spacial score (nSPS) is 11.7. The molecule has 0 saturated carbocycles. The summed E-state index contributed by atoms with van der Waals surface area (Å²) in [6, 6.07) is 13.0. The Hall–Kier alpha value is -3.20. The van der Waals surface area contributed by atoms with Crippen LogP contribution < -0.4 is 10.6 Å². The number of amides is 2. The molecule has 2 amide bonds. The Balaban J connectivity index is 1.68. The van der Waals surface area contributed by atoms with Crippen LogP contribution in [0.25, 0.3) is 5.69 Å². The van der Waals surface area contributed by atoms with Gasteiger partial charge in [-0.2, -0.15) is 4.68 Å². The van der Waals surface area contributed by atoms with Crippen LogP contribution in [0.3, 0.4) is 0 Å². The molecule has 3 rings (SSSR count). The van der Waals surface area contributed by atoms with Crippen LogP contribution in [0.4, 0.5) is 11.4 Å². The molecule has 2 N–H and O–H groups in total. The Morgan fingerprint density at radius 1 is 1.03 bits per heavy atom. The molecule has 0 aliphatic carbocycles. The molecule has 9 heteroatoms. The maximum absolute atomic E-state index is 12.6. The first-order valence-electron chi connectivity index (χ1n) is 9.04. The molecule has 0 unspecified atom stereocenters. The largest absolute Gasteiger partial charge is 0.326 e. The van der Waals surface area contributed by atoms with E-state index in [1.54, 1.807) is 35.9 Å². The predicted molar refractivity (Wildman–Crippen MR) is 113 cm³/mol. The summed E-state index contributed by atoms with van der Waals surface area (Å²) in [6.45, 7) is 7.24. The van der Waals surface area contributed by atoms with E-state index in [2.05, 4.69) is 26.2 Å². The Morgan fingerprint density at radius 3 is 2.34 bits per heavy atom.